The monoisotopic (exact) mass is 141 g/mol. The zero-order valence-corrected chi connectivity index (χ0v) is 5.70. The summed E-state index contributed by atoms with van der Waals surface area (Å²) in [6.45, 7) is 1.72. The van der Waals surface area contributed by atoms with E-state index in [1.165, 1.54) is 0 Å². The van der Waals surface area contributed by atoms with Gasteiger partial charge in [-0.1, -0.05) is 0 Å². The highest BCUT2D eigenvalue weighted by molar-refractivity contribution is 5.76. The lowest BCUT2D eigenvalue weighted by atomic mass is 10.4. The van der Waals surface area contributed by atoms with Crippen molar-refractivity contribution in [2.75, 3.05) is 13.1 Å². The number of nitrogens with two attached hydrogens (primary N) is 2. The molecule has 0 amide bonds. The van der Waals surface area contributed by atoms with Gasteiger partial charge in [-0.15, -0.1) is 5.10 Å². The van der Waals surface area contributed by atoms with E-state index in [4.69, 9.17) is 11.5 Å². The van der Waals surface area contributed by atoms with Gasteiger partial charge in [-0.05, 0) is 6.42 Å². The lowest BCUT2D eigenvalue weighted by molar-refractivity contribution is 0.429. The summed E-state index contributed by atoms with van der Waals surface area (Å²) >= 11 is 0. The molecule has 0 bridgehead atoms. The second-order valence-corrected chi connectivity index (χ2v) is 2.06. The van der Waals surface area contributed by atoms with Gasteiger partial charge in [0.2, 0.25) is 5.96 Å². The molecule has 0 atom stereocenters. The van der Waals surface area contributed by atoms with Crippen LogP contribution in [-0.4, -0.2) is 30.4 Å². The molecule has 4 N–H and O–H groups in total. The maximum atomic E-state index is 5.15. The molecular weight excluding hydrogens is 130 g/mol. The van der Waals surface area contributed by atoms with E-state index in [9.17, 15) is 0 Å². The number of hydrogen-bond acceptors (Lipinski definition) is 3. The van der Waals surface area contributed by atoms with Gasteiger partial charge in [0.1, 0.15) is 6.34 Å². The van der Waals surface area contributed by atoms with E-state index >= 15 is 0 Å². The Kier molecular flexibility index (Phi) is 2.09. The minimum absolute atomic E-state index is 0.0772. The highest BCUT2D eigenvalue weighted by Crippen LogP contribution is 1.95. The predicted octanol–water partition coefficient (Wildman–Crippen LogP) is -1.09. The van der Waals surface area contributed by atoms with Gasteiger partial charge >= 0.3 is 0 Å². The van der Waals surface area contributed by atoms with Crippen LogP contribution in [0.1, 0.15) is 6.42 Å². The second-order valence-electron chi connectivity index (χ2n) is 2.06. The summed E-state index contributed by atoms with van der Waals surface area (Å²) in [5.41, 5.74) is 10.3. The van der Waals surface area contributed by atoms with Gasteiger partial charge in [0, 0.05) is 13.1 Å². The number of aliphatic imine (C=N–C) groups is 1. The van der Waals surface area contributed by atoms with Crippen molar-refractivity contribution in [3.8, 4) is 0 Å². The summed E-state index contributed by atoms with van der Waals surface area (Å²) in [4.78, 5) is 3.99. The van der Waals surface area contributed by atoms with E-state index in [-0.39, 0.29) is 5.96 Å². The van der Waals surface area contributed by atoms with Gasteiger partial charge in [-0.3, -0.25) is 10.0 Å². The van der Waals surface area contributed by atoms with Crippen LogP contribution in [0.4, 0.5) is 0 Å². The van der Waals surface area contributed by atoms with E-state index in [0.717, 1.165) is 19.5 Å². The molecule has 0 saturated heterocycles. The third-order valence-corrected chi connectivity index (χ3v) is 1.13. The van der Waals surface area contributed by atoms with E-state index in [0.29, 0.717) is 0 Å². The molecule has 1 aliphatic heterocycles. The van der Waals surface area contributed by atoms with Crippen molar-refractivity contribution >= 4 is 12.3 Å². The second kappa shape index (κ2) is 3.05. The van der Waals surface area contributed by atoms with Crippen LogP contribution in [0.25, 0.3) is 0 Å². The number of nitrogens with zero attached hydrogens (tertiary/aromatic N) is 3. The topological polar surface area (TPSA) is 80.0 Å². The van der Waals surface area contributed by atoms with Crippen molar-refractivity contribution < 1.29 is 0 Å². The molecule has 0 aromatic carbocycles. The van der Waals surface area contributed by atoms with Gasteiger partial charge in [0.15, 0.2) is 0 Å². The maximum absolute atomic E-state index is 5.15. The van der Waals surface area contributed by atoms with E-state index in [2.05, 4.69) is 10.1 Å². The van der Waals surface area contributed by atoms with Gasteiger partial charge in [-0.25, -0.2) is 0 Å². The van der Waals surface area contributed by atoms with E-state index in [1.807, 2.05) is 0 Å². The predicted molar refractivity (Wildman–Crippen MR) is 40.5 cm³/mol. The molecule has 5 heteroatoms. The van der Waals surface area contributed by atoms with Crippen LogP contribution in [0.5, 0.6) is 0 Å². The minimum atomic E-state index is 0.0772. The van der Waals surface area contributed by atoms with Crippen molar-refractivity contribution in [2.24, 2.45) is 21.6 Å². The average Bonchev–Trinajstić information content (AvgIpc) is 1.88. The maximum Gasteiger partial charge on any atom is 0.209 e. The summed E-state index contributed by atoms with van der Waals surface area (Å²) < 4.78 is 0. The molecule has 0 spiro atoms. The molecule has 0 radical (unpaired) electrons. The molecule has 0 saturated carbocycles. The number of guanidine groups is 1. The molecule has 1 rings (SSSR count). The van der Waals surface area contributed by atoms with Crippen molar-refractivity contribution in [3.05, 3.63) is 0 Å². The molecule has 0 aliphatic carbocycles. The Morgan fingerprint density at radius 1 is 1.60 bits per heavy atom. The van der Waals surface area contributed by atoms with Crippen molar-refractivity contribution in [2.45, 2.75) is 6.42 Å². The van der Waals surface area contributed by atoms with Crippen LogP contribution in [0.3, 0.4) is 0 Å². The summed E-state index contributed by atoms with van der Waals surface area (Å²) in [7, 11) is 0. The van der Waals surface area contributed by atoms with Crippen LogP contribution >= 0.6 is 0 Å². The number of rotatable bonds is 1. The average molecular weight is 141 g/mol. The Bertz CT molecular complexity index is 157. The first-order chi connectivity index (χ1) is 4.79. The largest absolute Gasteiger partial charge is 0.369 e. The Balaban J connectivity index is 2.48. The van der Waals surface area contributed by atoms with Crippen LogP contribution < -0.4 is 11.5 Å². The molecule has 0 unspecified atom stereocenters. The first-order valence-corrected chi connectivity index (χ1v) is 3.15. The number of hydrazone groups is 1. The van der Waals surface area contributed by atoms with Crippen LogP contribution in [-0.2, 0) is 0 Å². The standard InChI is InChI=1S/C5H11N5/c6-5(7)9-10-3-1-2-8-4-10/h4H,1-3H2,(H4,6,7,9). The molecule has 1 heterocycles. The van der Waals surface area contributed by atoms with E-state index < -0.39 is 0 Å². The van der Waals surface area contributed by atoms with Crippen molar-refractivity contribution in [1.82, 2.24) is 5.01 Å². The van der Waals surface area contributed by atoms with Gasteiger partial charge in [0.25, 0.3) is 0 Å². The Hall–Kier alpha value is -1.26. The first kappa shape index (κ1) is 6.85. The summed E-state index contributed by atoms with van der Waals surface area (Å²) in [6.07, 6.45) is 2.65. The Labute approximate surface area is 59.4 Å². The van der Waals surface area contributed by atoms with Gasteiger partial charge in [-0.2, -0.15) is 0 Å². The zero-order chi connectivity index (χ0) is 7.40. The van der Waals surface area contributed by atoms with Crippen LogP contribution in [0.15, 0.2) is 10.1 Å². The number of hydrogen-bond donors (Lipinski definition) is 2. The minimum Gasteiger partial charge on any atom is -0.369 e. The molecule has 0 aromatic heterocycles. The van der Waals surface area contributed by atoms with Gasteiger partial charge < -0.3 is 11.5 Å². The van der Waals surface area contributed by atoms with Crippen molar-refractivity contribution in [3.63, 3.8) is 0 Å². The molecular formula is C5H11N5. The lowest BCUT2D eigenvalue weighted by Crippen LogP contribution is -2.30. The third-order valence-electron chi connectivity index (χ3n) is 1.13. The quantitative estimate of drug-likeness (QED) is 0.359. The van der Waals surface area contributed by atoms with Crippen LogP contribution in [0, 0.1) is 0 Å². The fourth-order valence-corrected chi connectivity index (χ4v) is 0.758. The molecule has 56 valence electrons. The SMILES string of the molecule is NC(N)=NN1C=NCCC1. The first-order valence-electron chi connectivity index (χ1n) is 3.15. The third kappa shape index (κ3) is 1.93. The fraction of sp³-hybridized carbons (Fsp3) is 0.600. The van der Waals surface area contributed by atoms with E-state index in [1.54, 1.807) is 11.3 Å². The summed E-state index contributed by atoms with van der Waals surface area (Å²) in [6, 6.07) is 0. The Morgan fingerprint density at radius 2 is 2.40 bits per heavy atom. The summed E-state index contributed by atoms with van der Waals surface area (Å²) in [5, 5.41) is 5.43. The molecule has 0 aromatic rings. The smallest absolute Gasteiger partial charge is 0.209 e. The molecule has 1 aliphatic rings. The molecule has 5 nitrogen and oxygen atoms in total. The highest BCUT2D eigenvalue weighted by atomic mass is 15.5. The van der Waals surface area contributed by atoms with Crippen molar-refractivity contribution in [1.29, 1.82) is 0 Å². The normalized spacial score (nSPS) is 17.0. The molecule has 0 fully saturated rings. The Morgan fingerprint density at radius 3 is 2.90 bits per heavy atom. The molecule has 10 heavy (non-hydrogen) atoms. The zero-order valence-electron chi connectivity index (χ0n) is 5.70. The summed E-state index contributed by atoms with van der Waals surface area (Å²) in [5.74, 6) is 0.0772. The van der Waals surface area contributed by atoms with Gasteiger partial charge in [0.05, 0.1) is 0 Å². The fourth-order valence-electron chi connectivity index (χ4n) is 0.758. The van der Waals surface area contributed by atoms with Crippen LogP contribution in [0.2, 0.25) is 0 Å². The highest BCUT2D eigenvalue weighted by Gasteiger charge is 2.01. The lowest BCUT2D eigenvalue weighted by Gasteiger charge is -2.15.